The van der Waals surface area contributed by atoms with Crippen LogP contribution in [0.4, 0.5) is 0 Å². The minimum Gasteiger partial charge on any atom is -0.343 e. The second kappa shape index (κ2) is 6.65. The molecule has 1 aromatic rings. The zero-order valence-electron chi connectivity index (χ0n) is 11.6. The van der Waals surface area contributed by atoms with E-state index in [0.717, 1.165) is 18.7 Å². The number of hydrogen-bond acceptors (Lipinski definition) is 5. The van der Waals surface area contributed by atoms with E-state index in [0.29, 0.717) is 11.8 Å². The molecule has 2 N–H and O–H groups in total. The summed E-state index contributed by atoms with van der Waals surface area (Å²) in [4.78, 5) is 15.9. The summed E-state index contributed by atoms with van der Waals surface area (Å²) in [5, 5.41) is 9.68. The molecular formula is C13H22N4O2. The van der Waals surface area contributed by atoms with Gasteiger partial charge in [0.1, 0.15) is 6.04 Å². The van der Waals surface area contributed by atoms with E-state index in [-0.39, 0.29) is 18.5 Å². The summed E-state index contributed by atoms with van der Waals surface area (Å²) in [6.07, 6.45) is 6.06. The monoisotopic (exact) mass is 266 g/mol. The normalized spacial score (nSPS) is 18.2. The number of carbonyl (C=O) groups excluding carboxylic acids is 1. The largest absolute Gasteiger partial charge is 0.343 e. The highest BCUT2D eigenvalue weighted by Gasteiger charge is 2.23. The molecule has 2 rings (SSSR count). The number of hydrogen-bond donors (Lipinski definition) is 2. The van der Waals surface area contributed by atoms with Crippen LogP contribution in [0.1, 0.15) is 62.7 Å². The van der Waals surface area contributed by atoms with Gasteiger partial charge in [0.2, 0.25) is 11.8 Å². The maximum absolute atomic E-state index is 11.5. The summed E-state index contributed by atoms with van der Waals surface area (Å²) < 4.78 is 5.26. The Labute approximate surface area is 113 Å². The molecule has 1 saturated carbocycles. The molecule has 6 heteroatoms. The number of likely N-dealkylation sites (N-methyl/N-ethyl adjacent to an activating group) is 1. The number of amides is 1. The average Bonchev–Trinajstić information content (AvgIpc) is 2.89. The summed E-state index contributed by atoms with van der Waals surface area (Å²) in [5.74, 6) is 1.63. The molecule has 0 saturated heterocycles. The molecule has 6 nitrogen and oxygen atoms in total. The highest BCUT2D eigenvalue weighted by molar-refractivity contribution is 5.78. The van der Waals surface area contributed by atoms with Crippen LogP contribution in [0.2, 0.25) is 0 Å². The SMILES string of the molecule is CNCC(=O)NC(C)c1nc(C2CCCCC2)no1. The standard InChI is InChI=1S/C13H22N4O2/c1-9(15-11(18)8-14-2)13-16-12(17-19-13)10-6-4-3-5-7-10/h9-10,14H,3-8H2,1-2H3,(H,15,18). The predicted octanol–water partition coefficient (Wildman–Crippen LogP) is 1.51. The molecule has 1 aliphatic carbocycles. The molecule has 0 aliphatic heterocycles. The molecule has 0 spiro atoms. The lowest BCUT2D eigenvalue weighted by Gasteiger charge is -2.17. The van der Waals surface area contributed by atoms with Crippen molar-refractivity contribution in [3.63, 3.8) is 0 Å². The third-order valence-corrected chi connectivity index (χ3v) is 3.51. The van der Waals surface area contributed by atoms with E-state index in [1.807, 2.05) is 6.92 Å². The Balaban J connectivity index is 1.93. The first-order valence-electron chi connectivity index (χ1n) is 6.98. The fraction of sp³-hybridized carbons (Fsp3) is 0.769. The molecule has 0 bridgehead atoms. The predicted molar refractivity (Wildman–Crippen MR) is 70.6 cm³/mol. The first-order chi connectivity index (χ1) is 9.20. The van der Waals surface area contributed by atoms with Gasteiger partial charge in [-0.3, -0.25) is 4.79 Å². The summed E-state index contributed by atoms with van der Waals surface area (Å²) in [7, 11) is 1.73. The van der Waals surface area contributed by atoms with Gasteiger partial charge < -0.3 is 15.2 Å². The molecule has 1 unspecified atom stereocenters. The van der Waals surface area contributed by atoms with E-state index in [1.54, 1.807) is 7.05 Å². The first-order valence-corrected chi connectivity index (χ1v) is 6.98. The van der Waals surface area contributed by atoms with Crippen LogP contribution in [0.25, 0.3) is 0 Å². The molecule has 106 valence electrons. The third kappa shape index (κ3) is 3.76. The van der Waals surface area contributed by atoms with E-state index >= 15 is 0 Å². The number of rotatable bonds is 5. The van der Waals surface area contributed by atoms with Gasteiger partial charge in [-0.05, 0) is 26.8 Å². The fourth-order valence-electron chi connectivity index (χ4n) is 2.46. The van der Waals surface area contributed by atoms with E-state index in [4.69, 9.17) is 4.52 Å². The van der Waals surface area contributed by atoms with Gasteiger partial charge >= 0.3 is 0 Å². The van der Waals surface area contributed by atoms with Crippen LogP contribution < -0.4 is 10.6 Å². The van der Waals surface area contributed by atoms with Crippen LogP contribution in [0.5, 0.6) is 0 Å². The van der Waals surface area contributed by atoms with Gasteiger partial charge in [0.25, 0.3) is 0 Å². The zero-order valence-corrected chi connectivity index (χ0v) is 11.6. The van der Waals surface area contributed by atoms with Crippen LogP contribution in [0.15, 0.2) is 4.52 Å². The van der Waals surface area contributed by atoms with Crippen molar-refractivity contribution in [2.24, 2.45) is 0 Å². The number of carbonyl (C=O) groups is 1. The van der Waals surface area contributed by atoms with Crippen LogP contribution in [-0.2, 0) is 4.79 Å². The first kappa shape index (κ1) is 14.0. The molecule has 1 fully saturated rings. The average molecular weight is 266 g/mol. The number of aromatic nitrogens is 2. The highest BCUT2D eigenvalue weighted by atomic mass is 16.5. The van der Waals surface area contributed by atoms with Gasteiger partial charge in [-0.15, -0.1) is 0 Å². The Bertz CT molecular complexity index is 413. The third-order valence-electron chi connectivity index (χ3n) is 3.51. The van der Waals surface area contributed by atoms with Crippen molar-refractivity contribution in [2.45, 2.75) is 51.0 Å². The Morgan fingerprint density at radius 2 is 2.16 bits per heavy atom. The van der Waals surface area contributed by atoms with Crippen LogP contribution in [0.3, 0.4) is 0 Å². The van der Waals surface area contributed by atoms with Crippen molar-refractivity contribution in [3.05, 3.63) is 11.7 Å². The Morgan fingerprint density at radius 3 is 2.84 bits per heavy atom. The van der Waals surface area contributed by atoms with Crippen LogP contribution >= 0.6 is 0 Å². The lowest BCUT2D eigenvalue weighted by Crippen LogP contribution is -2.34. The Morgan fingerprint density at radius 1 is 1.42 bits per heavy atom. The smallest absolute Gasteiger partial charge is 0.248 e. The molecule has 1 aromatic heterocycles. The molecule has 1 heterocycles. The van der Waals surface area contributed by atoms with Gasteiger partial charge in [-0.2, -0.15) is 4.98 Å². The van der Waals surface area contributed by atoms with Gasteiger partial charge in [0, 0.05) is 5.92 Å². The van der Waals surface area contributed by atoms with E-state index in [2.05, 4.69) is 20.8 Å². The van der Waals surface area contributed by atoms with Crippen LogP contribution in [0, 0.1) is 0 Å². The molecular weight excluding hydrogens is 244 g/mol. The van der Waals surface area contributed by atoms with Gasteiger partial charge in [0.15, 0.2) is 5.82 Å². The maximum atomic E-state index is 11.5. The molecule has 19 heavy (non-hydrogen) atoms. The Kier molecular flexibility index (Phi) is 4.90. The molecule has 1 amide bonds. The van der Waals surface area contributed by atoms with E-state index in [1.165, 1.54) is 19.3 Å². The summed E-state index contributed by atoms with van der Waals surface area (Å²) >= 11 is 0. The fourth-order valence-corrected chi connectivity index (χ4v) is 2.46. The molecule has 1 aliphatic rings. The lowest BCUT2D eigenvalue weighted by molar-refractivity contribution is -0.120. The summed E-state index contributed by atoms with van der Waals surface area (Å²) in [6.45, 7) is 2.14. The van der Waals surface area contributed by atoms with Crippen molar-refractivity contribution >= 4 is 5.91 Å². The number of nitrogens with zero attached hydrogens (tertiary/aromatic N) is 2. The van der Waals surface area contributed by atoms with E-state index < -0.39 is 0 Å². The number of nitrogens with one attached hydrogen (secondary N) is 2. The second-order valence-corrected chi connectivity index (χ2v) is 5.15. The van der Waals surface area contributed by atoms with Crippen molar-refractivity contribution < 1.29 is 9.32 Å². The quantitative estimate of drug-likeness (QED) is 0.844. The van der Waals surface area contributed by atoms with Gasteiger partial charge in [-0.1, -0.05) is 24.4 Å². The minimum atomic E-state index is -0.245. The lowest BCUT2D eigenvalue weighted by atomic mass is 9.89. The summed E-state index contributed by atoms with van der Waals surface area (Å²) in [6, 6.07) is -0.245. The summed E-state index contributed by atoms with van der Waals surface area (Å²) in [5.41, 5.74) is 0. The zero-order chi connectivity index (χ0) is 13.7. The topological polar surface area (TPSA) is 80.0 Å². The van der Waals surface area contributed by atoms with Crippen molar-refractivity contribution in [3.8, 4) is 0 Å². The minimum absolute atomic E-state index is 0.0765. The second-order valence-electron chi connectivity index (χ2n) is 5.15. The van der Waals surface area contributed by atoms with Gasteiger partial charge in [-0.25, -0.2) is 0 Å². The molecule has 1 atom stereocenters. The van der Waals surface area contributed by atoms with Crippen molar-refractivity contribution in [1.29, 1.82) is 0 Å². The Hall–Kier alpha value is -1.43. The maximum Gasteiger partial charge on any atom is 0.248 e. The molecule has 0 aromatic carbocycles. The molecule has 0 radical (unpaired) electrons. The van der Waals surface area contributed by atoms with E-state index in [9.17, 15) is 4.79 Å². The highest BCUT2D eigenvalue weighted by Crippen LogP contribution is 2.31. The van der Waals surface area contributed by atoms with Crippen LogP contribution in [-0.4, -0.2) is 29.6 Å². The van der Waals surface area contributed by atoms with Crippen molar-refractivity contribution in [1.82, 2.24) is 20.8 Å². The van der Waals surface area contributed by atoms with Gasteiger partial charge in [0.05, 0.1) is 6.54 Å². The van der Waals surface area contributed by atoms with Crippen molar-refractivity contribution in [2.75, 3.05) is 13.6 Å².